The van der Waals surface area contributed by atoms with Gasteiger partial charge in [-0.3, -0.25) is 10.1 Å². The first-order chi connectivity index (χ1) is 16.0. The van der Waals surface area contributed by atoms with Crippen molar-refractivity contribution in [1.82, 2.24) is 4.98 Å². The summed E-state index contributed by atoms with van der Waals surface area (Å²) in [6, 6.07) is 23.7. The maximum atomic E-state index is 12.6. The van der Waals surface area contributed by atoms with Gasteiger partial charge >= 0.3 is 6.03 Å². The molecular formula is C25H22N4O3S. The molecular weight excluding hydrogens is 436 g/mol. The summed E-state index contributed by atoms with van der Waals surface area (Å²) in [7, 11) is 0. The minimum atomic E-state index is -0.392. The average Bonchev–Trinajstić information content (AvgIpc) is 3.23. The van der Waals surface area contributed by atoms with Crippen LogP contribution in [0.1, 0.15) is 11.3 Å². The molecule has 7 nitrogen and oxygen atoms in total. The zero-order chi connectivity index (χ0) is 23.0. The van der Waals surface area contributed by atoms with Gasteiger partial charge in [-0.1, -0.05) is 48.0 Å². The number of thiazole rings is 1. The number of aryl methyl sites for hydroxylation is 1. The minimum Gasteiger partial charge on any atom is -0.455 e. The summed E-state index contributed by atoms with van der Waals surface area (Å²) >= 11 is 1.26. The van der Waals surface area contributed by atoms with Crippen molar-refractivity contribution in [2.45, 2.75) is 13.3 Å². The molecule has 0 radical (unpaired) electrons. The van der Waals surface area contributed by atoms with E-state index in [2.05, 4.69) is 20.9 Å². The van der Waals surface area contributed by atoms with Crippen LogP contribution >= 0.6 is 11.3 Å². The van der Waals surface area contributed by atoms with Crippen molar-refractivity contribution in [2.24, 2.45) is 0 Å². The molecule has 1 heterocycles. The smallest absolute Gasteiger partial charge is 0.325 e. The molecule has 4 rings (SSSR count). The lowest BCUT2D eigenvalue weighted by Gasteiger charge is -2.11. The fourth-order valence-corrected chi connectivity index (χ4v) is 3.68. The second-order valence-electron chi connectivity index (χ2n) is 7.23. The zero-order valence-corrected chi connectivity index (χ0v) is 18.7. The molecule has 166 valence electrons. The van der Waals surface area contributed by atoms with Crippen LogP contribution in [0.2, 0.25) is 0 Å². The Morgan fingerprint density at radius 1 is 0.879 bits per heavy atom. The van der Waals surface area contributed by atoms with Gasteiger partial charge in [-0.05, 0) is 43.3 Å². The average molecular weight is 459 g/mol. The Balaban J connectivity index is 1.33. The molecule has 0 spiro atoms. The molecule has 0 saturated heterocycles. The van der Waals surface area contributed by atoms with Crippen LogP contribution in [0.15, 0.2) is 84.2 Å². The molecule has 0 aliphatic carbocycles. The van der Waals surface area contributed by atoms with Crippen molar-refractivity contribution in [3.63, 3.8) is 0 Å². The molecule has 0 saturated carbocycles. The van der Waals surface area contributed by atoms with Gasteiger partial charge in [0.15, 0.2) is 10.9 Å². The standard InChI is InChI=1S/C25H22N4O3S/c1-17-11-13-18(14-12-17)26-24(31)29-25-27-19(16-33-25)15-23(30)28-21-9-5-6-10-22(21)32-20-7-3-2-4-8-20/h2-14,16H,15H2,1H3,(H,28,30)(H2,26,27,29,31). The van der Waals surface area contributed by atoms with Crippen LogP contribution in [0.25, 0.3) is 0 Å². The van der Waals surface area contributed by atoms with Gasteiger partial charge in [-0.25, -0.2) is 9.78 Å². The molecule has 1 aromatic heterocycles. The molecule has 8 heteroatoms. The number of rotatable bonds is 7. The van der Waals surface area contributed by atoms with E-state index in [9.17, 15) is 9.59 Å². The lowest BCUT2D eigenvalue weighted by atomic mass is 10.2. The van der Waals surface area contributed by atoms with Crippen LogP contribution in [0.3, 0.4) is 0 Å². The summed E-state index contributed by atoms with van der Waals surface area (Å²) in [5.74, 6) is 0.990. The number of carbonyl (C=O) groups is 2. The van der Waals surface area contributed by atoms with E-state index in [-0.39, 0.29) is 12.3 Å². The number of nitrogens with zero attached hydrogens (tertiary/aromatic N) is 1. The quantitative estimate of drug-likeness (QED) is 0.313. The van der Waals surface area contributed by atoms with E-state index in [4.69, 9.17) is 4.74 Å². The Morgan fingerprint density at radius 2 is 1.61 bits per heavy atom. The third-order valence-corrected chi connectivity index (χ3v) is 5.36. The lowest BCUT2D eigenvalue weighted by Crippen LogP contribution is -2.19. The fourth-order valence-electron chi connectivity index (χ4n) is 2.98. The van der Waals surface area contributed by atoms with Crippen LogP contribution in [-0.4, -0.2) is 16.9 Å². The highest BCUT2D eigenvalue weighted by molar-refractivity contribution is 7.14. The van der Waals surface area contributed by atoms with Crippen molar-refractivity contribution in [3.05, 3.63) is 95.5 Å². The molecule has 3 aromatic carbocycles. The van der Waals surface area contributed by atoms with Gasteiger partial charge in [0.1, 0.15) is 5.75 Å². The number of hydrogen-bond donors (Lipinski definition) is 3. The van der Waals surface area contributed by atoms with Crippen LogP contribution in [0.4, 0.5) is 21.3 Å². The lowest BCUT2D eigenvalue weighted by molar-refractivity contribution is -0.115. The fraction of sp³-hybridized carbons (Fsp3) is 0.0800. The van der Waals surface area contributed by atoms with E-state index in [0.29, 0.717) is 33.7 Å². The summed E-state index contributed by atoms with van der Waals surface area (Å²) in [4.78, 5) is 29.1. The SMILES string of the molecule is Cc1ccc(NC(=O)Nc2nc(CC(=O)Nc3ccccc3Oc3ccccc3)cs2)cc1. The van der Waals surface area contributed by atoms with Crippen molar-refractivity contribution in [2.75, 3.05) is 16.0 Å². The largest absolute Gasteiger partial charge is 0.455 e. The number of carbonyl (C=O) groups excluding carboxylic acids is 2. The van der Waals surface area contributed by atoms with E-state index >= 15 is 0 Å². The van der Waals surface area contributed by atoms with Crippen molar-refractivity contribution >= 4 is 39.8 Å². The molecule has 33 heavy (non-hydrogen) atoms. The number of aromatic nitrogens is 1. The Hall–Kier alpha value is -4.17. The molecule has 0 aliphatic rings. The highest BCUT2D eigenvalue weighted by Gasteiger charge is 2.12. The second kappa shape index (κ2) is 10.4. The van der Waals surface area contributed by atoms with Crippen LogP contribution < -0.4 is 20.7 Å². The molecule has 3 amide bonds. The monoisotopic (exact) mass is 458 g/mol. The number of ether oxygens (including phenoxy) is 1. The number of nitrogens with one attached hydrogen (secondary N) is 3. The van der Waals surface area contributed by atoms with Gasteiger partial charge in [0, 0.05) is 11.1 Å². The van der Waals surface area contributed by atoms with Crippen LogP contribution in [0.5, 0.6) is 11.5 Å². The molecule has 0 bridgehead atoms. The maximum absolute atomic E-state index is 12.6. The number of hydrogen-bond acceptors (Lipinski definition) is 5. The van der Waals surface area contributed by atoms with E-state index in [1.807, 2.05) is 73.7 Å². The maximum Gasteiger partial charge on any atom is 0.325 e. The van der Waals surface area contributed by atoms with Crippen molar-refractivity contribution in [1.29, 1.82) is 0 Å². The van der Waals surface area contributed by atoms with E-state index < -0.39 is 6.03 Å². The topological polar surface area (TPSA) is 92.4 Å². The summed E-state index contributed by atoms with van der Waals surface area (Å²) < 4.78 is 5.88. The van der Waals surface area contributed by atoms with Crippen LogP contribution in [0, 0.1) is 6.92 Å². The van der Waals surface area contributed by atoms with E-state index in [1.165, 1.54) is 11.3 Å². The number of benzene rings is 3. The second-order valence-corrected chi connectivity index (χ2v) is 8.08. The van der Waals surface area contributed by atoms with Crippen molar-refractivity contribution < 1.29 is 14.3 Å². The number of para-hydroxylation sites is 3. The first kappa shape index (κ1) is 22.0. The molecule has 0 atom stereocenters. The molecule has 0 unspecified atom stereocenters. The summed E-state index contributed by atoms with van der Waals surface area (Å²) in [5, 5.41) is 10.5. The van der Waals surface area contributed by atoms with Crippen molar-refractivity contribution in [3.8, 4) is 11.5 Å². The van der Waals surface area contributed by atoms with Gasteiger partial charge in [-0.15, -0.1) is 11.3 Å². The Kier molecular flexibility index (Phi) is 6.96. The molecule has 3 N–H and O–H groups in total. The number of anilines is 3. The van der Waals surface area contributed by atoms with Gasteiger partial charge in [0.05, 0.1) is 17.8 Å². The van der Waals surface area contributed by atoms with Gasteiger partial charge in [-0.2, -0.15) is 0 Å². The number of urea groups is 1. The predicted octanol–water partition coefficient (Wildman–Crippen LogP) is 6.07. The molecule has 4 aromatic rings. The third-order valence-electron chi connectivity index (χ3n) is 4.56. The highest BCUT2D eigenvalue weighted by Crippen LogP contribution is 2.29. The molecule has 0 aliphatic heterocycles. The first-order valence-electron chi connectivity index (χ1n) is 10.3. The van der Waals surface area contributed by atoms with Crippen LogP contribution in [-0.2, 0) is 11.2 Å². The molecule has 0 fully saturated rings. The summed E-state index contributed by atoms with van der Waals surface area (Å²) in [6.45, 7) is 1.98. The Labute approximate surface area is 195 Å². The normalized spacial score (nSPS) is 10.3. The van der Waals surface area contributed by atoms with Gasteiger partial charge < -0.3 is 15.4 Å². The highest BCUT2D eigenvalue weighted by atomic mass is 32.1. The van der Waals surface area contributed by atoms with Gasteiger partial charge in [0.2, 0.25) is 5.91 Å². The minimum absolute atomic E-state index is 0.0669. The van der Waals surface area contributed by atoms with Gasteiger partial charge in [0.25, 0.3) is 0 Å². The third kappa shape index (κ3) is 6.41. The zero-order valence-electron chi connectivity index (χ0n) is 17.9. The summed E-state index contributed by atoms with van der Waals surface area (Å²) in [5.41, 5.74) is 2.92. The van der Waals surface area contributed by atoms with E-state index in [0.717, 1.165) is 5.56 Å². The summed E-state index contributed by atoms with van der Waals surface area (Å²) in [6.07, 6.45) is 0.0669. The van der Waals surface area contributed by atoms with E-state index in [1.54, 1.807) is 17.5 Å². The first-order valence-corrected chi connectivity index (χ1v) is 11.1. The Morgan fingerprint density at radius 3 is 2.39 bits per heavy atom. The number of amides is 3. The Bertz CT molecular complexity index is 1240. The predicted molar refractivity (Wildman–Crippen MR) is 131 cm³/mol.